The third-order valence-corrected chi connectivity index (χ3v) is 9.49. The highest BCUT2D eigenvalue weighted by atomic mass is 31.3. The average Bonchev–Trinajstić information content (AvgIpc) is 2.25. The Kier molecular flexibility index (Phi) is 4.80. The van der Waals surface area contributed by atoms with Crippen molar-refractivity contribution < 1.29 is 21.3 Å². The molecule has 0 aromatic carbocycles. The molecule has 0 spiro atoms. The van der Waals surface area contributed by atoms with Crippen LogP contribution in [0.3, 0.4) is 0 Å². The topological polar surface area (TPSA) is 46.3 Å². The van der Waals surface area contributed by atoms with Crippen molar-refractivity contribution in [2.24, 2.45) is 13.5 Å². The molecule has 1 aliphatic heterocycles. The highest BCUT2D eigenvalue weighted by Crippen LogP contribution is 2.81. The maximum absolute atomic E-state index is 14.6. The van der Waals surface area contributed by atoms with Crippen molar-refractivity contribution in [3.63, 3.8) is 0 Å². The fraction of sp³-hybridized carbons (Fsp3) is 0.556. The van der Waals surface area contributed by atoms with E-state index in [1.165, 1.54) is 6.92 Å². The van der Waals surface area contributed by atoms with Crippen LogP contribution >= 0.6 is 23.1 Å². The van der Waals surface area contributed by atoms with E-state index < -0.39 is 29.2 Å². The van der Waals surface area contributed by atoms with Crippen LogP contribution in [0.15, 0.2) is 37.3 Å². The molecular weight excluding hydrogens is 335 g/mol. The van der Waals surface area contributed by atoms with E-state index in [-0.39, 0.29) is 6.61 Å². The van der Waals surface area contributed by atoms with E-state index in [0.29, 0.717) is 12.0 Å². The summed E-state index contributed by atoms with van der Waals surface area (Å²) in [5.74, 6) is 0. The Morgan fingerprint density at radius 2 is 1.90 bits per heavy atom. The van der Waals surface area contributed by atoms with Crippen molar-refractivity contribution in [2.75, 3.05) is 12.8 Å². The standard InChI is InChI=1S/C9H14F4N3OP3/c1-2-17-20(13)15-18(10,14-19(11,12)16-20)8-9-6-4-3-5-7-9/h4,6-7H,2-3,5,8H2,1H3. The Labute approximate surface area is 115 Å². The molecule has 20 heavy (non-hydrogen) atoms. The van der Waals surface area contributed by atoms with Gasteiger partial charge in [0.25, 0.3) is 7.52 Å². The molecule has 0 amide bonds. The maximum atomic E-state index is 14.6. The fourth-order valence-corrected chi connectivity index (χ4v) is 8.89. The molecule has 2 atom stereocenters. The Balaban J connectivity index is 2.41. The first-order valence-corrected chi connectivity index (χ1v) is 10.7. The summed E-state index contributed by atoms with van der Waals surface area (Å²) in [5, 5.41) is 0. The summed E-state index contributed by atoms with van der Waals surface area (Å²) >= 11 is 0. The van der Waals surface area contributed by atoms with Gasteiger partial charge < -0.3 is 4.52 Å². The molecular formula is C9H14F4N3OP3. The monoisotopic (exact) mass is 349 g/mol. The smallest absolute Gasteiger partial charge is 0.303 e. The predicted octanol–water partition coefficient (Wildman–Crippen LogP) is 7.11. The molecule has 4 nitrogen and oxygen atoms in total. The van der Waals surface area contributed by atoms with Crippen molar-refractivity contribution >= 4 is 23.1 Å². The summed E-state index contributed by atoms with van der Waals surface area (Å²) in [6.07, 6.45) is 6.28. The number of allylic oxidation sites excluding steroid dienone is 4. The van der Waals surface area contributed by atoms with Gasteiger partial charge in [0.05, 0.1) is 12.8 Å². The highest BCUT2D eigenvalue weighted by molar-refractivity contribution is 7.79. The maximum Gasteiger partial charge on any atom is 0.423 e. The largest absolute Gasteiger partial charge is 0.423 e. The van der Waals surface area contributed by atoms with Gasteiger partial charge in [0.2, 0.25) is 0 Å². The summed E-state index contributed by atoms with van der Waals surface area (Å²) in [7, 11) is -14.3. The molecule has 114 valence electrons. The van der Waals surface area contributed by atoms with Gasteiger partial charge in [-0.05, 0) is 25.3 Å². The Hall–Kier alpha value is -0.150. The molecule has 0 aromatic heterocycles. The molecule has 0 saturated heterocycles. The van der Waals surface area contributed by atoms with Crippen LogP contribution in [-0.2, 0) is 4.52 Å². The SMILES string of the molecule is CCOP1(F)=NP(F)(CC2=CCCC=C2)=NP(F)(F)=N1. The second-order valence-electron chi connectivity index (χ2n) is 4.17. The number of hydrogen-bond acceptors (Lipinski definition) is 4. The van der Waals surface area contributed by atoms with Crippen LogP contribution in [0.5, 0.6) is 0 Å². The summed E-state index contributed by atoms with van der Waals surface area (Å²) < 4.78 is 68.8. The molecule has 2 rings (SSSR count). The number of hydrogen-bond donors (Lipinski definition) is 0. The van der Waals surface area contributed by atoms with Crippen molar-refractivity contribution in [3.8, 4) is 0 Å². The lowest BCUT2D eigenvalue weighted by molar-refractivity contribution is 0.348. The van der Waals surface area contributed by atoms with Gasteiger partial charge in [0.15, 0.2) is 0 Å². The molecule has 0 fully saturated rings. The van der Waals surface area contributed by atoms with Gasteiger partial charge in [-0.3, -0.25) is 0 Å². The molecule has 2 aliphatic rings. The molecule has 0 saturated carbocycles. The molecule has 2 unspecified atom stereocenters. The van der Waals surface area contributed by atoms with Crippen LogP contribution < -0.4 is 0 Å². The minimum Gasteiger partial charge on any atom is -0.303 e. The van der Waals surface area contributed by atoms with Crippen molar-refractivity contribution in [1.82, 2.24) is 0 Å². The van der Waals surface area contributed by atoms with Gasteiger partial charge in [-0.15, -0.1) is 12.9 Å². The van der Waals surface area contributed by atoms with Crippen LogP contribution in [0, 0.1) is 0 Å². The summed E-state index contributed by atoms with van der Waals surface area (Å²) in [6.45, 7) is 1.22. The van der Waals surface area contributed by atoms with Crippen molar-refractivity contribution in [3.05, 3.63) is 23.8 Å². The third-order valence-electron chi connectivity index (χ3n) is 2.46. The minimum absolute atomic E-state index is 0.195. The average molecular weight is 349 g/mol. The third kappa shape index (κ3) is 4.17. The molecule has 0 aromatic rings. The summed E-state index contributed by atoms with van der Waals surface area (Å²) in [5.41, 5.74) is 0.518. The quantitative estimate of drug-likeness (QED) is 0.394. The normalized spacial score (nSPS) is 35.5. The fourth-order valence-electron chi connectivity index (χ4n) is 1.82. The van der Waals surface area contributed by atoms with E-state index in [4.69, 9.17) is 0 Å². The lowest BCUT2D eigenvalue weighted by Crippen LogP contribution is -1.93. The van der Waals surface area contributed by atoms with Gasteiger partial charge in [0.1, 0.15) is 0 Å². The van der Waals surface area contributed by atoms with Gasteiger partial charge in [0, 0.05) is 0 Å². The molecule has 0 N–H and O–H groups in total. The second-order valence-corrected chi connectivity index (χ2v) is 10.0. The van der Waals surface area contributed by atoms with E-state index in [1.54, 1.807) is 12.2 Å². The second kappa shape index (κ2) is 5.92. The van der Waals surface area contributed by atoms with E-state index >= 15 is 0 Å². The van der Waals surface area contributed by atoms with E-state index in [1.807, 2.05) is 6.08 Å². The van der Waals surface area contributed by atoms with Gasteiger partial charge in [-0.1, -0.05) is 18.2 Å². The van der Waals surface area contributed by atoms with Gasteiger partial charge >= 0.3 is 15.6 Å². The predicted molar refractivity (Wildman–Crippen MR) is 75.4 cm³/mol. The molecule has 11 heteroatoms. The van der Waals surface area contributed by atoms with Crippen LogP contribution in [-0.4, -0.2) is 12.8 Å². The van der Waals surface area contributed by atoms with Crippen LogP contribution in [0.25, 0.3) is 0 Å². The first-order chi connectivity index (χ1) is 9.26. The molecule has 1 heterocycles. The van der Waals surface area contributed by atoms with Gasteiger partial charge in [-0.25, -0.2) is 0 Å². The molecule has 1 aliphatic carbocycles. The number of rotatable bonds is 4. The first kappa shape index (κ1) is 16.2. The van der Waals surface area contributed by atoms with E-state index in [2.05, 4.69) is 18.1 Å². The summed E-state index contributed by atoms with van der Waals surface area (Å²) in [6, 6.07) is 0. The van der Waals surface area contributed by atoms with Gasteiger partial charge in [-0.2, -0.15) is 17.4 Å². The number of nitrogens with zero attached hydrogens (tertiary/aromatic N) is 3. The van der Waals surface area contributed by atoms with Crippen LogP contribution in [0.2, 0.25) is 0 Å². The number of halogens is 4. The van der Waals surface area contributed by atoms with Crippen LogP contribution in [0.1, 0.15) is 19.8 Å². The van der Waals surface area contributed by atoms with E-state index in [0.717, 1.165) is 6.42 Å². The lowest BCUT2D eigenvalue weighted by Gasteiger charge is -2.21. The summed E-state index contributed by atoms with van der Waals surface area (Å²) in [4.78, 5) is 0. The molecule has 0 bridgehead atoms. The zero-order valence-electron chi connectivity index (χ0n) is 10.7. The molecule has 0 radical (unpaired) electrons. The van der Waals surface area contributed by atoms with Crippen molar-refractivity contribution in [2.45, 2.75) is 19.8 Å². The van der Waals surface area contributed by atoms with Crippen LogP contribution in [0.4, 0.5) is 16.8 Å². The Morgan fingerprint density at radius 3 is 2.50 bits per heavy atom. The lowest BCUT2D eigenvalue weighted by atomic mass is 10.1. The van der Waals surface area contributed by atoms with Crippen molar-refractivity contribution in [1.29, 1.82) is 0 Å². The van der Waals surface area contributed by atoms with E-state index in [9.17, 15) is 16.8 Å². The first-order valence-electron chi connectivity index (χ1n) is 5.95. The minimum atomic E-state index is -5.35. The highest BCUT2D eigenvalue weighted by Gasteiger charge is 2.39. The zero-order valence-corrected chi connectivity index (χ0v) is 13.3. The zero-order chi connectivity index (χ0) is 14.9. The Morgan fingerprint density at radius 1 is 1.15 bits per heavy atom. The Bertz CT molecular complexity index is 622.